The van der Waals surface area contributed by atoms with Crippen LogP contribution in [-0.4, -0.2) is 42.5 Å². The van der Waals surface area contributed by atoms with Crippen molar-refractivity contribution in [2.75, 3.05) is 19.6 Å². The molecule has 1 aromatic carbocycles. The third-order valence-corrected chi connectivity index (χ3v) is 4.79. The second-order valence-corrected chi connectivity index (χ2v) is 7.29. The summed E-state index contributed by atoms with van der Waals surface area (Å²) in [6, 6.07) is 7.66. The molecule has 1 aromatic rings. The molecule has 1 fully saturated rings. The van der Waals surface area contributed by atoms with Crippen LogP contribution in [0.4, 0.5) is 9.18 Å². The summed E-state index contributed by atoms with van der Waals surface area (Å²) < 4.78 is 14.0. The van der Waals surface area contributed by atoms with Crippen LogP contribution in [0.5, 0.6) is 0 Å². The monoisotopic (exact) mass is 374 g/mol. The Morgan fingerprint density at radius 3 is 2.56 bits per heavy atom. The summed E-state index contributed by atoms with van der Waals surface area (Å²) in [5.74, 6) is -0.234. The molecule has 0 radical (unpaired) electrons. The Morgan fingerprint density at radius 2 is 1.96 bits per heavy atom. The largest absolute Gasteiger partial charge is 0.341 e. The minimum Gasteiger partial charge on any atom is -0.341 e. The van der Waals surface area contributed by atoms with E-state index < -0.39 is 6.04 Å². The van der Waals surface area contributed by atoms with E-state index in [9.17, 15) is 14.0 Å². The zero-order valence-corrected chi connectivity index (χ0v) is 15.9. The van der Waals surface area contributed by atoms with Crippen LogP contribution >= 0.6 is 0 Å². The van der Waals surface area contributed by atoms with Crippen LogP contribution in [-0.2, 0) is 4.79 Å². The van der Waals surface area contributed by atoms with Gasteiger partial charge in [-0.15, -0.1) is 0 Å². The molecule has 0 saturated carbocycles. The standard InChI is InChI=1S/C20H27FN4O2/c1-14(2)13-18(19(26)23-10-9-22)24-20(27)25-11-7-15(8-12-25)16-5-3-4-6-17(16)21/h3-6,14-15,18H,7-8,10-13H2,1-2H3,(H,23,26)(H,24,27). The Kier molecular flexibility index (Phi) is 7.59. The Balaban J connectivity index is 1.92. The Morgan fingerprint density at radius 1 is 1.30 bits per heavy atom. The molecule has 0 aliphatic carbocycles. The fraction of sp³-hybridized carbons (Fsp3) is 0.550. The summed E-state index contributed by atoms with van der Waals surface area (Å²) >= 11 is 0. The first-order valence-electron chi connectivity index (χ1n) is 9.37. The lowest BCUT2D eigenvalue weighted by Gasteiger charge is -2.33. The van der Waals surface area contributed by atoms with Crippen LogP contribution in [0.2, 0.25) is 0 Å². The van der Waals surface area contributed by atoms with Gasteiger partial charge in [0, 0.05) is 13.1 Å². The van der Waals surface area contributed by atoms with Gasteiger partial charge in [0.05, 0.1) is 6.07 Å². The number of hydrogen-bond acceptors (Lipinski definition) is 3. The molecule has 1 heterocycles. The number of piperidine rings is 1. The van der Waals surface area contributed by atoms with Crippen molar-refractivity contribution >= 4 is 11.9 Å². The molecule has 0 spiro atoms. The SMILES string of the molecule is CC(C)CC(NC(=O)N1CCC(c2ccccc2F)CC1)C(=O)NCC#N. The lowest BCUT2D eigenvalue weighted by molar-refractivity contribution is -0.123. The Labute approximate surface area is 159 Å². The number of hydrogen-bond donors (Lipinski definition) is 2. The van der Waals surface area contributed by atoms with Gasteiger partial charge in [0.15, 0.2) is 0 Å². The number of urea groups is 1. The summed E-state index contributed by atoms with van der Waals surface area (Å²) in [4.78, 5) is 26.4. The zero-order chi connectivity index (χ0) is 19.8. The first-order valence-corrected chi connectivity index (χ1v) is 9.37. The molecule has 0 aromatic heterocycles. The van der Waals surface area contributed by atoms with Crippen LogP contribution in [0.25, 0.3) is 0 Å². The van der Waals surface area contributed by atoms with Gasteiger partial charge in [-0.3, -0.25) is 4.79 Å². The van der Waals surface area contributed by atoms with Crippen molar-refractivity contribution in [3.63, 3.8) is 0 Å². The highest BCUT2D eigenvalue weighted by atomic mass is 19.1. The molecule has 1 aliphatic rings. The number of nitrogens with zero attached hydrogens (tertiary/aromatic N) is 2. The minimum atomic E-state index is -0.671. The van der Waals surface area contributed by atoms with Gasteiger partial charge in [0.1, 0.15) is 18.4 Å². The maximum atomic E-state index is 14.0. The van der Waals surface area contributed by atoms with E-state index in [-0.39, 0.29) is 36.1 Å². The highest BCUT2D eigenvalue weighted by molar-refractivity contribution is 5.87. The van der Waals surface area contributed by atoms with Crippen molar-refractivity contribution < 1.29 is 14.0 Å². The number of amides is 3. The van der Waals surface area contributed by atoms with Crippen LogP contribution in [0.15, 0.2) is 24.3 Å². The fourth-order valence-electron chi connectivity index (χ4n) is 3.39. The van der Waals surface area contributed by atoms with Gasteiger partial charge < -0.3 is 15.5 Å². The summed E-state index contributed by atoms with van der Waals surface area (Å²) in [5.41, 5.74) is 0.700. The second kappa shape index (κ2) is 9.91. The normalized spacial score (nSPS) is 15.9. The van der Waals surface area contributed by atoms with Crippen LogP contribution in [0.1, 0.15) is 44.6 Å². The second-order valence-electron chi connectivity index (χ2n) is 7.29. The number of nitrogens with one attached hydrogen (secondary N) is 2. The predicted octanol–water partition coefficient (Wildman–Crippen LogP) is 2.77. The number of carbonyl (C=O) groups excluding carboxylic acids is 2. The smallest absolute Gasteiger partial charge is 0.318 e. The number of likely N-dealkylation sites (tertiary alicyclic amines) is 1. The van der Waals surface area contributed by atoms with Crippen LogP contribution in [0, 0.1) is 23.1 Å². The number of halogens is 1. The number of carbonyl (C=O) groups is 2. The lowest BCUT2D eigenvalue weighted by atomic mass is 9.89. The molecule has 1 unspecified atom stereocenters. The summed E-state index contributed by atoms with van der Waals surface area (Å²) in [6.45, 7) is 4.88. The van der Waals surface area contributed by atoms with Crippen molar-refractivity contribution in [3.8, 4) is 6.07 Å². The predicted molar refractivity (Wildman–Crippen MR) is 100 cm³/mol. The quantitative estimate of drug-likeness (QED) is 0.751. The molecule has 146 valence electrons. The maximum absolute atomic E-state index is 14.0. The maximum Gasteiger partial charge on any atom is 0.318 e. The van der Waals surface area contributed by atoms with Gasteiger partial charge in [0.2, 0.25) is 5.91 Å². The molecule has 3 amide bonds. The first-order chi connectivity index (χ1) is 12.9. The van der Waals surface area contributed by atoms with E-state index in [0.717, 1.165) is 0 Å². The van der Waals surface area contributed by atoms with Gasteiger partial charge in [-0.2, -0.15) is 5.26 Å². The fourth-order valence-corrected chi connectivity index (χ4v) is 3.39. The molecule has 1 saturated heterocycles. The molecule has 2 rings (SSSR count). The van der Waals surface area contributed by atoms with Crippen LogP contribution < -0.4 is 10.6 Å². The van der Waals surface area contributed by atoms with E-state index in [1.807, 2.05) is 26.0 Å². The average molecular weight is 374 g/mol. The molecule has 0 bridgehead atoms. The number of rotatable bonds is 6. The first kappa shape index (κ1) is 20.7. The van der Waals surface area contributed by atoms with Crippen molar-refractivity contribution in [3.05, 3.63) is 35.6 Å². The number of benzene rings is 1. The molecule has 1 atom stereocenters. The molecule has 6 nitrogen and oxygen atoms in total. The van der Waals surface area contributed by atoms with E-state index in [1.54, 1.807) is 17.0 Å². The van der Waals surface area contributed by atoms with Gasteiger partial charge in [-0.1, -0.05) is 32.0 Å². The van der Waals surface area contributed by atoms with Gasteiger partial charge in [0.25, 0.3) is 0 Å². The summed E-state index contributed by atoms with van der Waals surface area (Å²) in [6.07, 6.45) is 1.86. The van der Waals surface area contributed by atoms with Crippen molar-refractivity contribution in [2.24, 2.45) is 5.92 Å². The van der Waals surface area contributed by atoms with E-state index in [4.69, 9.17) is 5.26 Å². The van der Waals surface area contributed by atoms with E-state index in [2.05, 4.69) is 10.6 Å². The molecule has 2 N–H and O–H groups in total. The molecule has 7 heteroatoms. The summed E-state index contributed by atoms with van der Waals surface area (Å²) in [7, 11) is 0. The summed E-state index contributed by atoms with van der Waals surface area (Å²) in [5, 5.41) is 13.9. The van der Waals surface area contributed by atoms with E-state index >= 15 is 0 Å². The van der Waals surface area contributed by atoms with E-state index in [0.29, 0.717) is 37.9 Å². The van der Waals surface area contributed by atoms with Crippen molar-refractivity contribution in [2.45, 2.75) is 45.1 Å². The molecular weight excluding hydrogens is 347 g/mol. The van der Waals surface area contributed by atoms with Crippen molar-refractivity contribution in [1.82, 2.24) is 15.5 Å². The highest BCUT2D eigenvalue weighted by Gasteiger charge is 2.28. The lowest BCUT2D eigenvalue weighted by Crippen LogP contribution is -2.53. The van der Waals surface area contributed by atoms with Gasteiger partial charge >= 0.3 is 6.03 Å². The zero-order valence-electron chi connectivity index (χ0n) is 15.9. The Bertz CT molecular complexity index is 693. The Hall–Kier alpha value is -2.62. The molecular formula is C20H27FN4O2. The molecule has 1 aliphatic heterocycles. The van der Waals surface area contributed by atoms with E-state index in [1.165, 1.54) is 6.07 Å². The topological polar surface area (TPSA) is 85.2 Å². The van der Waals surface area contributed by atoms with Gasteiger partial charge in [-0.05, 0) is 42.7 Å². The van der Waals surface area contributed by atoms with Crippen molar-refractivity contribution in [1.29, 1.82) is 5.26 Å². The highest BCUT2D eigenvalue weighted by Crippen LogP contribution is 2.29. The average Bonchev–Trinajstić information content (AvgIpc) is 2.65. The third-order valence-electron chi connectivity index (χ3n) is 4.79. The molecule has 27 heavy (non-hydrogen) atoms. The van der Waals surface area contributed by atoms with Gasteiger partial charge in [-0.25, -0.2) is 9.18 Å². The van der Waals surface area contributed by atoms with Crippen LogP contribution in [0.3, 0.4) is 0 Å². The third kappa shape index (κ3) is 5.95. The number of nitriles is 1. The minimum absolute atomic E-state index is 0.0860.